The van der Waals surface area contributed by atoms with Crippen molar-refractivity contribution in [2.24, 2.45) is 0 Å². The summed E-state index contributed by atoms with van der Waals surface area (Å²) >= 11 is 0. The number of likely N-dealkylation sites (N-methyl/N-ethyl adjacent to an activating group) is 1. The lowest BCUT2D eigenvalue weighted by Crippen LogP contribution is -2.47. The largest absolute Gasteiger partial charge is 0.494 e. The topological polar surface area (TPSA) is 39.5 Å². The maximum absolute atomic E-state index is 8.95. The molecule has 3 rings (SSSR count). The number of nitrogens with zero attached hydrogens (tertiary/aromatic N) is 3. The highest BCUT2D eigenvalue weighted by Crippen LogP contribution is 2.24. The Labute approximate surface area is 150 Å². The van der Waals surface area contributed by atoms with Gasteiger partial charge in [-0.1, -0.05) is 36.4 Å². The zero-order valence-corrected chi connectivity index (χ0v) is 14.8. The summed E-state index contributed by atoms with van der Waals surface area (Å²) in [6, 6.07) is 20.7. The maximum atomic E-state index is 8.95. The van der Waals surface area contributed by atoms with Crippen molar-refractivity contribution in [1.29, 1.82) is 5.26 Å². The highest BCUT2D eigenvalue weighted by molar-refractivity contribution is 5.36. The van der Waals surface area contributed by atoms with Crippen LogP contribution in [0.2, 0.25) is 0 Å². The van der Waals surface area contributed by atoms with Gasteiger partial charge < -0.3 is 9.64 Å². The van der Waals surface area contributed by atoms with Crippen LogP contribution >= 0.6 is 0 Å². The molecule has 0 saturated carbocycles. The Morgan fingerprint density at radius 3 is 2.76 bits per heavy atom. The first-order valence-corrected chi connectivity index (χ1v) is 8.87. The lowest BCUT2D eigenvalue weighted by atomic mass is 10.0. The van der Waals surface area contributed by atoms with Gasteiger partial charge in [0.25, 0.3) is 0 Å². The van der Waals surface area contributed by atoms with Gasteiger partial charge in [0.2, 0.25) is 0 Å². The van der Waals surface area contributed by atoms with E-state index in [2.05, 4.69) is 53.2 Å². The van der Waals surface area contributed by atoms with Crippen molar-refractivity contribution in [2.45, 2.75) is 12.5 Å². The molecule has 2 aromatic carbocycles. The first-order valence-electron chi connectivity index (χ1n) is 8.87. The number of hydrogen-bond acceptors (Lipinski definition) is 4. The molecule has 1 heterocycles. The van der Waals surface area contributed by atoms with Crippen LogP contribution < -0.4 is 4.74 Å². The highest BCUT2D eigenvalue weighted by Gasteiger charge is 2.25. The summed E-state index contributed by atoms with van der Waals surface area (Å²) in [7, 11) is 2.19. The summed E-state index contributed by atoms with van der Waals surface area (Å²) in [4.78, 5) is 4.96. The molecule has 1 unspecified atom stereocenters. The van der Waals surface area contributed by atoms with E-state index >= 15 is 0 Å². The van der Waals surface area contributed by atoms with Gasteiger partial charge in [0.15, 0.2) is 0 Å². The summed E-state index contributed by atoms with van der Waals surface area (Å²) < 4.78 is 5.81. The van der Waals surface area contributed by atoms with E-state index in [0.717, 1.165) is 38.3 Å². The fourth-order valence-electron chi connectivity index (χ4n) is 3.33. The van der Waals surface area contributed by atoms with Gasteiger partial charge in [0.05, 0.1) is 18.2 Å². The maximum Gasteiger partial charge on any atom is 0.120 e. The number of ether oxygens (including phenoxy) is 1. The molecule has 1 fully saturated rings. The van der Waals surface area contributed by atoms with Crippen LogP contribution in [0.25, 0.3) is 0 Å². The standard InChI is InChI=1S/C21H25N3O/c1-23-12-13-24(21(17-23)19-8-3-2-4-9-19)11-6-14-25-20-10-5-7-18(15-20)16-22/h2-5,7-10,15,21H,6,11-14,17H2,1H3. The quantitative estimate of drug-likeness (QED) is 0.759. The van der Waals surface area contributed by atoms with E-state index in [0.29, 0.717) is 18.2 Å². The monoisotopic (exact) mass is 335 g/mol. The van der Waals surface area contributed by atoms with Gasteiger partial charge in [0.1, 0.15) is 5.75 Å². The first kappa shape index (κ1) is 17.5. The third-order valence-electron chi connectivity index (χ3n) is 4.70. The predicted molar refractivity (Wildman–Crippen MR) is 99.5 cm³/mol. The second kappa shape index (κ2) is 8.66. The molecule has 4 nitrogen and oxygen atoms in total. The fourth-order valence-corrected chi connectivity index (χ4v) is 3.33. The SMILES string of the molecule is CN1CCN(CCCOc2cccc(C#N)c2)C(c2ccccc2)C1. The summed E-state index contributed by atoms with van der Waals surface area (Å²) in [6.45, 7) is 4.94. The third kappa shape index (κ3) is 4.82. The zero-order chi connectivity index (χ0) is 17.5. The molecule has 0 aromatic heterocycles. The van der Waals surface area contributed by atoms with E-state index < -0.39 is 0 Å². The van der Waals surface area contributed by atoms with Crippen LogP contribution in [-0.4, -0.2) is 49.6 Å². The van der Waals surface area contributed by atoms with Crippen molar-refractivity contribution in [3.05, 3.63) is 65.7 Å². The molecule has 0 radical (unpaired) electrons. The summed E-state index contributed by atoms with van der Waals surface area (Å²) in [5.41, 5.74) is 2.03. The Balaban J connectivity index is 1.53. The molecule has 0 bridgehead atoms. The van der Waals surface area contributed by atoms with Crippen LogP contribution in [0.1, 0.15) is 23.6 Å². The van der Waals surface area contributed by atoms with Crippen molar-refractivity contribution < 1.29 is 4.74 Å². The molecule has 0 spiro atoms. The molecular formula is C21H25N3O. The van der Waals surface area contributed by atoms with Crippen molar-refractivity contribution >= 4 is 0 Å². The smallest absolute Gasteiger partial charge is 0.120 e. The molecular weight excluding hydrogens is 310 g/mol. The molecule has 1 saturated heterocycles. The van der Waals surface area contributed by atoms with Gasteiger partial charge in [-0.3, -0.25) is 4.90 Å². The molecule has 4 heteroatoms. The average Bonchev–Trinajstić information content (AvgIpc) is 2.67. The minimum atomic E-state index is 0.446. The second-order valence-electron chi connectivity index (χ2n) is 6.57. The lowest BCUT2D eigenvalue weighted by molar-refractivity contribution is 0.0845. The number of rotatable bonds is 6. The first-order chi connectivity index (χ1) is 12.3. The number of nitriles is 1. The molecule has 0 amide bonds. The molecule has 0 N–H and O–H groups in total. The van der Waals surface area contributed by atoms with Crippen LogP contribution in [-0.2, 0) is 0 Å². The lowest BCUT2D eigenvalue weighted by Gasteiger charge is -2.40. The number of piperazine rings is 1. The van der Waals surface area contributed by atoms with Crippen molar-refractivity contribution in [1.82, 2.24) is 9.80 Å². The second-order valence-corrected chi connectivity index (χ2v) is 6.57. The number of benzene rings is 2. The molecule has 1 aliphatic heterocycles. The Hall–Kier alpha value is -2.35. The zero-order valence-electron chi connectivity index (χ0n) is 14.8. The normalized spacial score (nSPS) is 18.6. The van der Waals surface area contributed by atoms with Gasteiger partial charge in [-0.25, -0.2) is 0 Å². The Kier molecular flexibility index (Phi) is 6.05. The van der Waals surface area contributed by atoms with E-state index in [9.17, 15) is 0 Å². The Morgan fingerprint density at radius 2 is 1.96 bits per heavy atom. The van der Waals surface area contributed by atoms with Gasteiger partial charge in [-0.2, -0.15) is 5.26 Å². The summed E-state index contributed by atoms with van der Waals surface area (Å²) in [5.74, 6) is 0.775. The van der Waals surface area contributed by atoms with E-state index in [1.54, 1.807) is 12.1 Å². The molecule has 2 aromatic rings. The van der Waals surface area contributed by atoms with E-state index in [1.807, 2.05) is 12.1 Å². The van der Waals surface area contributed by atoms with Crippen molar-refractivity contribution in [2.75, 3.05) is 39.8 Å². The minimum absolute atomic E-state index is 0.446. The Morgan fingerprint density at radius 1 is 1.12 bits per heavy atom. The minimum Gasteiger partial charge on any atom is -0.494 e. The van der Waals surface area contributed by atoms with E-state index in [1.165, 1.54) is 5.56 Å². The molecule has 25 heavy (non-hydrogen) atoms. The molecule has 130 valence electrons. The highest BCUT2D eigenvalue weighted by atomic mass is 16.5. The van der Waals surface area contributed by atoms with E-state index in [-0.39, 0.29) is 0 Å². The summed E-state index contributed by atoms with van der Waals surface area (Å²) in [5, 5.41) is 8.95. The third-order valence-corrected chi connectivity index (χ3v) is 4.70. The van der Waals surface area contributed by atoms with Gasteiger partial charge in [-0.05, 0) is 37.2 Å². The van der Waals surface area contributed by atoms with E-state index in [4.69, 9.17) is 10.00 Å². The van der Waals surface area contributed by atoms with Gasteiger partial charge >= 0.3 is 0 Å². The predicted octanol–water partition coefficient (Wildman–Crippen LogP) is 3.32. The number of hydrogen-bond donors (Lipinski definition) is 0. The molecule has 1 aliphatic rings. The van der Waals surface area contributed by atoms with Gasteiger partial charge in [-0.15, -0.1) is 0 Å². The van der Waals surface area contributed by atoms with Gasteiger partial charge in [0, 0.05) is 32.2 Å². The molecule has 1 atom stereocenters. The molecule has 0 aliphatic carbocycles. The van der Waals surface area contributed by atoms with Crippen LogP contribution in [0.15, 0.2) is 54.6 Å². The Bertz CT molecular complexity index is 711. The fraction of sp³-hybridized carbons (Fsp3) is 0.381. The van der Waals surface area contributed by atoms with Crippen molar-refractivity contribution in [3.8, 4) is 11.8 Å². The van der Waals surface area contributed by atoms with Crippen molar-refractivity contribution in [3.63, 3.8) is 0 Å². The van der Waals surface area contributed by atoms with Crippen LogP contribution in [0.4, 0.5) is 0 Å². The van der Waals surface area contributed by atoms with Crippen LogP contribution in [0.3, 0.4) is 0 Å². The van der Waals surface area contributed by atoms with Crippen LogP contribution in [0, 0.1) is 11.3 Å². The summed E-state index contributed by atoms with van der Waals surface area (Å²) in [6.07, 6.45) is 0.976. The average molecular weight is 335 g/mol. The van der Waals surface area contributed by atoms with Crippen LogP contribution in [0.5, 0.6) is 5.75 Å².